The van der Waals surface area contributed by atoms with E-state index in [-0.39, 0.29) is 24.6 Å². The number of rotatable bonds is 8. The topological polar surface area (TPSA) is 119 Å². The van der Waals surface area contributed by atoms with Gasteiger partial charge in [0, 0.05) is 6.54 Å². The molecular formula is C27H26N4O6. The number of carbonyl (C=O) groups is 3. The van der Waals surface area contributed by atoms with Crippen molar-refractivity contribution >= 4 is 29.6 Å². The third-order valence-electron chi connectivity index (χ3n) is 6.13. The highest BCUT2D eigenvalue weighted by atomic mass is 16.6. The van der Waals surface area contributed by atoms with E-state index < -0.39 is 6.09 Å². The van der Waals surface area contributed by atoms with Gasteiger partial charge < -0.3 is 24.8 Å². The molecule has 3 heterocycles. The van der Waals surface area contributed by atoms with Gasteiger partial charge in [-0.3, -0.25) is 9.69 Å². The summed E-state index contributed by atoms with van der Waals surface area (Å²) in [5.41, 5.74) is 3.54. The Morgan fingerprint density at radius 1 is 1.14 bits per heavy atom. The summed E-state index contributed by atoms with van der Waals surface area (Å²) < 4.78 is 15.6. The standard InChI is InChI=1S/C27H26N4O6/c1-35-26(33)20-7-3-6-19(13-20)18-5-2-4-17(12-18)14-28-11-10-21-15-31(27(34)37-21)23-9-8-22-25(29-23)30-24(32)16-36-22/h2-9,12-13,21,28H,10-11,14-16H2,1H3,(H,29,30,32). The van der Waals surface area contributed by atoms with Crippen LogP contribution in [0, 0.1) is 0 Å². The lowest BCUT2D eigenvalue weighted by molar-refractivity contribution is -0.118. The molecule has 3 aromatic rings. The summed E-state index contributed by atoms with van der Waals surface area (Å²) in [4.78, 5) is 41.6. The van der Waals surface area contributed by atoms with E-state index in [9.17, 15) is 14.4 Å². The van der Waals surface area contributed by atoms with Gasteiger partial charge in [-0.15, -0.1) is 0 Å². The number of cyclic esters (lactones) is 1. The summed E-state index contributed by atoms with van der Waals surface area (Å²) in [7, 11) is 1.37. The zero-order chi connectivity index (χ0) is 25.8. The monoisotopic (exact) mass is 502 g/mol. The minimum atomic E-state index is -0.470. The Balaban J connectivity index is 1.14. The number of anilines is 2. The van der Waals surface area contributed by atoms with Crippen LogP contribution in [0.4, 0.5) is 16.4 Å². The van der Waals surface area contributed by atoms with Crippen molar-refractivity contribution in [3.8, 4) is 16.9 Å². The van der Waals surface area contributed by atoms with Crippen LogP contribution in [0.25, 0.3) is 11.1 Å². The Hall–Kier alpha value is -4.44. The number of methoxy groups -OCH3 is 1. The van der Waals surface area contributed by atoms with E-state index in [0.717, 1.165) is 16.7 Å². The third kappa shape index (κ3) is 5.54. The zero-order valence-electron chi connectivity index (χ0n) is 20.2. The molecule has 1 unspecified atom stereocenters. The molecule has 190 valence electrons. The fourth-order valence-corrected chi connectivity index (χ4v) is 4.26. The SMILES string of the molecule is COC(=O)c1cccc(-c2cccc(CNCCC3CN(c4ccc5c(n4)NC(=O)CO5)C(=O)O3)c2)c1. The van der Waals surface area contributed by atoms with E-state index in [4.69, 9.17) is 14.2 Å². The zero-order valence-corrected chi connectivity index (χ0v) is 20.2. The molecule has 1 fully saturated rings. The summed E-state index contributed by atoms with van der Waals surface area (Å²) in [6.45, 7) is 1.60. The highest BCUT2D eigenvalue weighted by Gasteiger charge is 2.33. The smallest absolute Gasteiger partial charge is 0.415 e. The van der Waals surface area contributed by atoms with Crippen molar-refractivity contribution in [1.82, 2.24) is 10.3 Å². The minimum Gasteiger partial charge on any atom is -0.480 e. The molecule has 1 atom stereocenters. The molecule has 0 radical (unpaired) electrons. The van der Waals surface area contributed by atoms with Gasteiger partial charge in [-0.1, -0.05) is 30.3 Å². The lowest BCUT2D eigenvalue weighted by Crippen LogP contribution is -2.29. The molecule has 2 N–H and O–H groups in total. The first-order valence-electron chi connectivity index (χ1n) is 11.9. The Kier molecular flexibility index (Phi) is 7.00. The normalized spacial score (nSPS) is 16.5. The average Bonchev–Trinajstić information content (AvgIpc) is 3.30. The number of ether oxygens (including phenoxy) is 3. The number of amides is 2. The maximum atomic E-state index is 12.4. The van der Waals surface area contributed by atoms with Gasteiger partial charge >= 0.3 is 12.1 Å². The van der Waals surface area contributed by atoms with Gasteiger partial charge in [-0.05, 0) is 60.0 Å². The first-order valence-corrected chi connectivity index (χ1v) is 11.9. The Labute approximate surface area is 213 Å². The van der Waals surface area contributed by atoms with Crippen molar-refractivity contribution in [2.45, 2.75) is 19.1 Å². The van der Waals surface area contributed by atoms with Gasteiger partial charge in [0.15, 0.2) is 18.2 Å². The highest BCUT2D eigenvalue weighted by Crippen LogP contribution is 2.30. The second-order valence-corrected chi connectivity index (χ2v) is 8.71. The summed E-state index contributed by atoms with van der Waals surface area (Å²) >= 11 is 0. The van der Waals surface area contributed by atoms with Crippen LogP contribution in [0.3, 0.4) is 0 Å². The highest BCUT2D eigenvalue weighted by molar-refractivity contribution is 5.95. The molecule has 10 nitrogen and oxygen atoms in total. The summed E-state index contributed by atoms with van der Waals surface area (Å²) in [5, 5.41) is 6.05. The first-order chi connectivity index (χ1) is 18.0. The van der Waals surface area contributed by atoms with Crippen LogP contribution in [0.5, 0.6) is 5.75 Å². The van der Waals surface area contributed by atoms with E-state index in [1.54, 1.807) is 18.2 Å². The van der Waals surface area contributed by atoms with Crippen LogP contribution < -0.4 is 20.3 Å². The third-order valence-corrected chi connectivity index (χ3v) is 6.13. The van der Waals surface area contributed by atoms with Gasteiger partial charge in [-0.25, -0.2) is 14.6 Å². The van der Waals surface area contributed by atoms with Crippen molar-refractivity contribution in [2.75, 3.05) is 37.0 Å². The van der Waals surface area contributed by atoms with E-state index in [1.807, 2.05) is 36.4 Å². The van der Waals surface area contributed by atoms with Crippen molar-refractivity contribution in [3.63, 3.8) is 0 Å². The molecule has 1 saturated heterocycles. The number of benzene rings is 2. The van der Waals surface area contributed by atoms with Gasteiger partial charge in [0.05, 0.1) is 19.2 Å². The maximum Gasteiger partial charge on any atom is 0.415 e. The van der Waals surface area contributed by atoms with E-state index in [0.29, 0.717) is 49.0 Å². The molecule has 10 heteroatoms. The molecule has 5 rings (SSSR count). The molecule has 2 aliphatic rings. The van der Waals surface area contributed by atoms with Gasteiger partial charge in [0.2, 0.25) is 0 Å². The molecule has 0 aliphatic carbocycles. The predicted octanol–water partition coefficient (Wildman–Crippen LogP) is 3.37. The van der Waals surface area contributed by atoms with Crippen LogP contribution in [-0.4, -0.2) is 55.9 Å². The van der Waals surface area contributed by atoms with E-state index >= 15 is 0 Å². The lowest BCUT2D eigenvalue weighted by Gasteiger charge is -2.19. The predicted molar refractivity (Wildman–Crippen MR) is 136 cm³/mol. The molecule has 2 aliphatic heterocycles. The van der Waals surface area contributed by atoms with E-state index in [1.165, 1.54) is 12.0 Å². The number of nitrogens with zero attached hydrogens (tertiary/aromatic N) is 2. The quantitative estimate of drug-likeness (QED) is 0.356. The van der Waals surface area contributed by atoms with Crippen LogP contribution in [-0.2, 0) is 20.8 Å². The van der Waals surface area contributed by atoms with E-state index in [2.05, 4.69) is 21.7 Å². The molecule has 1 aromatic heterocycles. The molecule has 0 spiro atoms. The number of fused-ring (bicyclic) bond motifs is 1. The Morgan fingerprint density at radius 2 is 1.95 bits per heavy atom. The molecule has 0 bridgehead atoms. The van der Waals surface area contributed by atoms with Crippen LogP contribution >= 0.6 is 0 Å². The van der Waals surface area contributed by atoms with Crippen LogP contribution in [0.1, 0.15) is 22.3 Å². The van der Waals surface area contributed by atoms with Crippen molar-refractivity contribution in [1.29, 1.82) is 0 Å². The molecule has 2 aromatic carbocycles. The molecule has 37 heavy (non-hydrogen) atoms. The summed E-state index contributed by atoms with van der Waals surface area (Å²) in [6, 6.07) is 18.8. The second-order valence-electron chi connectivity index (χ2n) is 8.71. The minimum absolute atomic E-state index is 0.0538. The second kappa shape index (κ2) is 10.7. The van der Waals surface area contributed by atoms with Crippen molar-refractivity contribution in [3.05, 3.63) is 71.8 Å². The van der Waals surface area contributed by atoms with Gasteiger partial charge in [-0.2, -0.15) is 0 Å². The number of carbonyl (C=O) groups excluding carboxylic acids is 3. The van der Waals surface area contributed by atoms with Gasteiger partial charge in [0.1, 0.15) is 11.9 Å². The number of nitrogens with one attached hydrogen (secondary N) is 2. The number of hydrogen-bond donors (Lipinski definition) is 2. The fraction of sp³-hybridized carbons (Fsp3) is 0.259. The van der Waals surface area contributed by atoms with Crippen LogP contribution in [0.2, 0.25) is 0 Å². The maximum absolute atomic E-state index is 12.4. The fourth-order valence-electron chi connectivity index (χ4n) is 4.26. The molecule has 2 amide bonds. The number of hydrogen-bond acceptors (Lipinski definition) is 8. The number of aromatic nitrogens is 1. The number of esters is 1. The number of pyridine rings is 1. The van der Waals surface area contributed by atoms with Crippen LogP contribution in [0.15, 0.2) is 60.7 Å². The van der Waals surface area contributed by atoms with Crippen molar-refractivity contribution in [2.24, 2.45) is 0 Å². The first kappa shape index (κ1) is 24.3. The summed E-state index contributed by atoms with van der Waals surface area (Å²) in [6.07, 6.45) is -0.119. The Bertz CT molecular complexity index is 1340. The largest absolute Gasteiger partial charge is 0.480 e. The molecular weight excluding hydrogens is 476 g/mol. The van der Waals surface area contributed by atoms with Crippen molar-refractivity contribution < 1.29 is 28.6 Å². The lowest BCUT2D eigenvalue weighted by atomic mass is 10.0. The summed E-state index contributed by atoms with van der Waals surface area (Å²) in [5.74, 6) is 0.514. The average molecular weight is 503 g/mol. The van der Waals surface area contributed by atoms with Gasteiger partial charge in [0.25, 0.3) is 5.91 Å². The molecule has 0 saturated carbocycles. The Morgan fingerprint density at radius 3 is 2.78 bits per heavy atom.